The fourth-order valence-electron chi connectivity index (χ4n) is 2.77. The van der Waals surface area contributed by atoms with Crippen LogP contribution in [0.15, 0.2) is 36.4 Å². The molecule has 0 atom stereocenters. The maximum atomic E-state index is 11.9. The monoisotopic (exact) mass is 378 g/mol. The Morgan fingerprint density at radius 3 is 2.77 bits per heavy atom. The minimum Gasteiger partial charge on any atom is -0.484 e. The Balaban J connectivity index is 1.54. The summed E-state index contributed by atoms with van der Waals surface area (Å²) in [5.74, 6) is 0.395. The first kappa shape index (κ1) is 18.4. The van der Waals surface area contributed by atoms with Crippen LogP contribution < -0.4 is 10.1 Å². The molecule has 8 nitrogen and oxygen atoms in total. The van der Waals surface area contributed by atoms with Crippen molar-refractivity contribution in [3.05, 3.63) is 47.8 Å². The van der Waals surface area contributed by atoms with Gasteiger partial charge in [0.2, 0.25) is 10.0 Å². The van der Waals surface area contributed by atoms with Crippen LogP contribution in [-0.4, -0.2) is 47.8 Å². The van der Waals surface area contributed by atoms with Crippen molar-refractivity contribution in [2.45, 2.75) is 26.1 Å². The van der Waals surface area contributed by atoms with E-state index in [1.807, 2.05) is 28.9 Å². The maximum Gasteiger partial charge on any atom is 0.258 e. The molecular formula is C17H22N4O4S. The van der Waals surface area contributed by atoms with Crippen molar-refractivity contribution >= 4 is 15.9 Å². The quantitative estimate of drug-likeness (QED) is 0.800. The summed E-state index contributed by atoms with van der Waals surface area (Å²) in [7, 11) is -3.24. The van der Waals surface area contributed by atoms with Crippen LogP contribution in [0.5, 0.6) is 5.75 Å². The normalized spacial score (nSPS) is 15.1. The number of para-hydroxylation sites is 1. The minimum atomic E-state index is -3.24. The minimum absolute atomic E-state index is 0.0700. The first-order chi connectivity index (χ1) is 12.4. The van der Waals surface area contributed by atoms with Crippen LogP contribution in [0.1, 0.15) is 17.8 Å². The molecule has 1 aromatic heterocycles. The van der Waals surface area contributed by atoms with E-state index in [9.17, 15) is 13.2 Å². The standard InChI is InChI=1S/C17H22N4O4S/c1-26(23,24)20-8-5-9-21-15(12-20)10-14(19-21)11-18-17(22)13-25-16-6-3-2-4-7-16/h2-4,6-7,10H,5,8-9,11-13H2,1H3,(H,18,22). The predicted octanol–water partition coefficient (Wildman–Crippen LogP) is 0.744. The van der Waals surface area contributed by atoms with Crippen molar-refractivity contribution in [2.75, 3.05) is 19.4 Å². The number of amides is 1. The summed E-state index contributed by atoms with van der Waals surface area (Å²) in [5, 5.41) is 7.22. The van der Waals surface area contributed by atoms with Crippen LogP contribution in [0.3, 0.4) is 0 Å². The number of hydrogen-bond donors (Lipinski definition) is 1. The zero-order valence-electron chi connectivity index (χ0n) is 14.6. The second kappa shape index (κ2) is 7.88. The Morgan fingerprint density at radius 2 is 2.04 bits per heavy atom. The highest BCUT2D eigenvalue weighted by molar-refractivity contribution is 7.88. The molecule has 0 spiro atoms. The van der Waals surface area contributed by atoms with Gasteiger partial charge in [-0.15, -0.1) is 0 Å². The fourth-order valence-corrected chi connectivity index (χ4v) is 3.60. The lowest BCUT2D eigenvalue weighted by Crippen LogP contribution is -2.29. The Bertz CT molecular complexity index is 864. The predicted molar refractivity (Wildman–Crippen MR) is 95.9 cm³/mol. The summed E-state index contributed by atoms with van der Waals surface area (Å²) < 4.78 is 32.2. The van der Waals surface area contributed by atoms with E-state index in [0.29, 0.717) is 37.5 Å². The summed E-state index contributed by atoms with van der Waals surface area (Å²) in [6.07, 6.45) is 1.92. The summed E-state index contributed by atoms with van der Waals surface area (Å²) >= 11 is 0. The average Bonchev–Trinajstić information content (AvgIpc) is 2.88. The number of fused-ring (bicyclic) bond motifs is 1. The van der Waals surface area contributed by atoms with E-state index >= 15 is 0 Å². The SMILES string of the molecule is CS(=O)(=O)N1CCCn2nc(CNC(=O)COc3ccccc3)cc2C1. The largest absolute Gasteiger partial charge is 0.484 e. The molecule has 1 N–H and O–H groups in total. The van der Waals surface area contributed by atoms with Gasteiger partial charge >= 0.3 is 0 Å². The third-order valence-corrected chi connectivity index (χ3v) is 5.33. The van der Waals surface area contributed by atoms with Gasteiger partial charge in [-0.05, 0) is 24.6 Å². The lowest BCUT2D eigenvalue weighted by atomic mass is 10.3. The number of aryl methyl sites for hydroxylation is 1. The van der Waals surface area contributed by atoms with E-state index < -0.39 is 10.0 Å². The zero-order chi connectivity index (χ0) is 18.6. The molecule has 1 aliphatic rings. The highest BCUT2D eigenvalue weighted by Crippen LogP contribution is 2.16. The van der Waals surface area contributed by atoms with Gasteiger partial charge in [0.25, 0.3) is 5.91 Å². The number of ether oxygens (including phenoxy) is 1. The van der Waals surface area contributed by atoms with E-state index in [2.05, 4.69) is 10.4 Å². The molecule has 3 rings (SSSR count). The van der Waals surface area contributed by atoms with E-state index in [0.717, 1.165) is 5.69 Å². The van der Waals surface area contributed by atoms with Gasteiger partial charge in [0.05, 0.1) is 30.7 Å². The fraction of sp³-hybridized carbons (Fsp3) is 0.412. The highest BCUT2D eigenvalue weighted by atomic mass is 32.2. The molecule has 140 valence electrons. The van der Waals surface area contributed by atoms with Gasteiger partial charge in [-0.2, -0.15) is 9.40 Å². The third-order valence-electron chi connectivity index (χ3n) is 4.08. The molecule has 1 aliphatic heterocycles. The molecule has 0 unspecified atom stereocenters. The number of sulfonamides is 1. The Morgan fingerprint density at radius 1 is 1.27 bits per heavy atom. The number of nitrogens with one attached hydrogen (secondary N) is 1. The van der Waals surface area contributed by atoms with Crippen molar-refractivity contribution < 1.29 is 17.9 Å². The van der Waals surface area contributed by atoms with Gasteiger partial charge in [0, 0.05) is 13.1 Å². The van der Waals surface area contributed by atoms with E-state index in [1.54, 1.807) is 12.1 Å². The summed E-state index contributed by atoms with van der Waals surface area (Å²) in [6.45, 7) is 1.66. The van der Waals surface area contributed by atoms with Crippen LogP contribution in [0, 0.1) is 0 Å². The Labute approximate surface area is 152 Å². The van der Waals surface area contributed by atoms with E-state index in [-0.39, 0.29) is 19.1 Å². The second-order valence-electron chi connectivity index (χ2n) is 6.18. The van der Waals surface area contributed by atoms with Gasteiger partial charge in [-0.1, -0.05) is 18.2 Å². The van der Waals surface area contributed by atoms with E-state index in [4.69, 9.17) is 4.74 Å². The summed E-state index contributed by atoms with van der Waals surface area (Å²) in [6, 6.07) is 11.0. The van der Waals surface area contributed by atoms with Crippen molar-refractivity contribution in [1.29, 1.82) is 0 Å². The maximum absolute atomic E-state index is 11.9. The number of nitrogens with zero attached hydrogens (tertiary/aromatic N) is 3. The van der Waals surface area contributed by atoms with Crippen LogP contribution >= 0.6 is 0 Å². The number of carbonyl (C=O) groups is 1. The molecule has 0 saturated carbocycles. The Hall–Kier alpha value is -2.39. The highest BCUT2D eigenvalue weighted by Gasteiger charge is 2.22. The molecule has 2 aromatic rings. The van der Waals surface area contributed by atoms with Gasteiger partial charge < -0.3 is 10.1 Å². The van der Waals surface area contributed by atoms with Crippen molar-refractivity contribution in [2.24, 2.45) is 0 Å². The summed E-state index contributed by atoms with van der Waals surface area (Å²) in [5.41, 5.74) is 1.53. The number of rotatable bonds is 6. The Kier molecular flexibility index (Phi) is 5.58. The molecule has 0 fully saturated rings. The van der Waals surface area contributed by atoms with E-state index in [1.165, 1.54) is 10.6 Å². The molecule has 9 heteroatoms. The molecule has 26 heavy (non-hydrogen) atoms. The molecule has 1 aromatic carbocycles. The van der Waals surface area contributed by atoms with Crippen molar-refractivity contribution in [3.8, 4) is 5.75 Å². The van der Waals surface area contributed by atoms with Crippen LogP contribution in [0.25, 0.3) is 0 Å². The molecule has 2 heterocycles. The first-order valence-corrected chi connectivity index (χ1v) is 10.2. The number of hydrogen-bond acceptors (Lipinski definition) is 5. The second-order valence-corrected chi connectivity index (χ2v) is 8.16. The van der Waals surface area contributed by atoms with Gasteiger partial charge in [0.1, 0.15) is 5.75 Å². The summed E-state index contributed by atoms with van der Waals surface area (Å²) in [4.78, 5) is 11.9. The van der Waals surface area contributed by atoms with Crippen LogP contribution in [0.2, 0.25) is 0 Å². The first-order valence-electron chi connectivity index (χ1n) is 8.37. The lowest BCUT2D eigenvalue weighted by molar-refractivity contribution is -0.123. The molecule has 0 bridgehead atoms. The van der Waals surface area contributed by atoms with Gasteiger partial charge in [-0.25, -0.2) is 8.42 Å². The van der Waals surface area contributed by atoms with Gasteiger partial charge in [-0.3, -0.25) is 9.48 Å². The van der Waals surface area contributed by atoms with Gasteiger partial charge in [0.15, 0.2) is 6.61 Å². The third kappa shape index (κ3) is 4.83. The number of benzene rings is 1. The molecule has 0 saturated heterocycles. The molecule has 0 radical (unpaired) electrons. The van der Waals surface area contributed by atoms with Crippen molar-refractivity contribution in [1.82, 2.24) is 19.4 Å². The average molecular weight is 378 g/mol. The molecule has 1 amide bonds. The molecular weight excluding hydrogens is 356 g/mol. The topological polar surface area (TPSA) is 93.5 Å². The molecule has 0 aliphatic carbocycles. The number of aromatic nitrogens is 2. The van der Waals surface area contributed by atoms with Crippen molar-refractivity contribution in [3.63, 3.8) is 0 Å². The van der Waals surface area contributed by atoms with Crippen LogP contribution in [0.4, 0.5) is 0 Å². The smallest absolute Gasteiger partial charge is 0.258 e. The van der Waals surface area contributed by atoms with Crippen LogP contribution in [-0.2, 0) is 34.5 Å². The number of carbonyl (C=O) groups excluding carboxylic acids is 1. The lowest BCUT2D eigenvalue weighted by Gasteiger charge is -2.16. The zero-order valence-corrected chi connectivity index (χ0v) is 15.4.